The topological polar surface area (TPSA) is 51.8 Å². The Kier molecular flexibility index (Phi) is 4.40. The summed E-state index contributed by atoms with van der Waals surface area (Å²) in [6.45, 7) is 1.87. The Hall–Kier alpha value is -1.58. The van der Waals surface area contributed by atoms with Crippen LogP contribution in [0.25, 0.3) is 6.08 Å². The highest BCUT2D eigenvalue weighted by atomic mass is 35.5. The second kappa shape index (κ2) is 6.04. The summed E-state index contributed by atoms with van der Waals surface area (Å²) in [6, 6.07) is 7.61. The highest BCUT2D eigenvalue weighted by molar-refractivity contribution is 6.30. The lowest BCUT2D eigenvalue weighted by atomic mass is 10.1. The number of allylic oxidation sites excluding steroid dienone is 1. The molecule has 0 aliphatic carbocycles. The van der Waals surface area contributed by atoms with Crippen molar-refractivity contribution in [1.82, 2.24) is 9.97 Å². The Morgan fingerprint density at radius 3 is 2.47 bits per heavy atom. The zero-order valence-corrected chi connectivity index (χ0v) is 11.9. The first kappa shape index (κ1) is 13.8. The predicted molar refractivity (Wildman–Crippen MR) is 80.4 cm³/mol. The molecule has 0 radical (unpaired) electrons. The maximum atomic E-state index is 6.05. The number of hydrogen-bond donors (Lipinski definition) is 1. The smallest absolute Gasteiger partial charge is 0.221 e. The molecule has 0 bridgehead atoms. The van der Waals surface area contributed by atoms with Crippen LogP contribution in [0.4, 0.5) is 5.95 Å². The Bertz CT molecular complexity index is 584. The molecule has 0 atom stereocenters. The van der Waals surface area contributed by atoms with Gasteiger partial charge < -0.3 is 5.73 Å². The number of anilines is 1. The molecule has 0 fully saturated rings. The van der Waals surface area contributed by atoms with Gasteiger partial charge in [-0.2, -0.15) is 0 Å². The summed E-state index contributed by atoms with van der Waals surface area (Å²) in [5, 5.41) is 1.13. The molecule has 0 saturated carbocycles. The third-order valence-corrected chi connectivity index (χ3v) is 3.25. The fourth-order valence-corrected chi connectivity index (χ4v) is 2.13. The molecule has 19 heavy (non-hydrogen) atoms. The largest absolute Gasteiger partial charge is 0.368 e. The minimum atomic E-state index is 0.202. The fourth-order valence-electron chi connectivity index (χ4n) is 1.70. The number of benzene rings is 1. The van der Waals surface area contributed by atoms with Gasteiger partial charge in [-0.1, -0.05) is 47.5 Å². The average Bonchev–Trinajstić information content (AvgIpc) is 2.34. The summed E-state index contributed by atoms with van der Waals surface area (Å²) in [5.41, 5.74) is 8.30. The molecule has 0 unspecified atom stereocenters. The quantitative estimate of drug-likeness (QED) is 0.873. The second-order valence-corrected chi connectivity index (χ2v) is 4.89. The lowest BCUT2D eigenvalue weighted by molar-refractivity contribution is 1.04. The molecule has 2 aromatic rings. The molecule has 0 aliphatic heterocycles. The number of aryl methyl sites for hydroxylation is 1. The van der Waals surface area contributed by atoms with E-state index in [0.717, 1.165) is 21.8 Å². The molecular formula is C14H13Cl2N3. The van der Waals surface area contributed by atoms with Crippen molar-refractivity contribution in [3.63, 3.8) is 0 Å². The highest BCUT2D eigenvalue weighted by Crippen LogP contribution is 2.19. The van der Waals surface area contributed by atoms with Crippen LogP contribution in [0, 0.1) is 6.92 Å². The summed E-state index contributed by atoms with van der Waals surface area (Å²) >= 11 is 11.9. The first-order chi connectivity index (χ1) is 9.06. The number of aromatic nitrogens is 2. The first-order valence-electron chi connectivity index (χ1n) is 5.77. The van der Waals surface area contributed by atoms with E-state index in [4.69, 9.17) is 28.9 Å². The van der Waals surface area contributed by atoms with Gasteiger partial charge in [-0.15, -0.1) is 0 Å². The van der Waals surface area contributed by atoms with Crippen molar-refractivity contribution in [3.8, 4) is 0 Å². The zero-order chi connectivity index (χ0) is 13.8. The van der Waals surface area contributed by atoms with Crippen LogP contribution in [0.1, 0.15) is 16.8 Å². The molecule has 0 spiro atoms. The van der Waals surface area contributed by atoms with E-state index < -0.39 is 0 Å². The molecule has 1 heterocycles. The standard InChI is InChI=1S/C14H13Cl2N3/c1-9-12(13(16)19-14(17)18-9)4-2-3-10-5-7-11(15)8-6-10/h2-3,5-8H,4H2,1H3,(H2,17,18,19)/b3-2+. The predicted octanol–water partition coefficient (Wildman–Crippen LogP) is 3.93. The lowest BCUT2D eigenvalue weighted by Crippen LogP contribution is -2.01. The Labute approximate surface area is 122 Å². The average molecular weight is 294 g/mol. The van der Waals surface area contributed by atoms with Crippen LogP contribution in [0.5, 0.6) is 0 Å². The summed E-state index contributed by atoms with van der Waals surface area (Å²) in [6.07, 6.45) is 4.67. The van der Waals surface area contributed by atoms with Crippen LogP contribution in [0.15, 0.2) is 30.3 Å². The molecule has 0 saturated heterocycles. The van der Waals surface area contributed by atoms with E-state index in [1.165, 1.54) is 0 Å². The minimum Gasteiger partial charge on any atom is -0.368 e. The molecule has 98 valence electrons. The van der Waals surface area contributed by atoms with E-state index >= 15 is 0 Å². The molecule has 2 rings (SSSR count). The van der Waals surface area contributed by atoms with Gasteiger partial charge in [0.05, 0.1) is 0 Å². The molecule has 0 aliphatic rings. The zero-order valence-electron chi connectivity index (χ0n) is 10.4. The van der Waals surface area contributed by atoms with E-state index in [1.807, 2.05) is 43.3 Å². The monoisotopic (exact) mass is 293 g/mol. The second-order valence-electron chi connectivity index (χ2n) is 4.09. The number of halogens is 2. The van der Waals surface area contributed by atoms with Gasteiger partial charge in [0.2, 0.25) is 5.95 Å². The summed E-state index contributed by atoms with van der Waals surface area (Å²) in [7, 11) is 0. The molecular weight excluding hydrogens is 281 g/mol. The van der Waals surface area contributed by atoms with Crippen molar-refractivity contribution in [2.75, 3.05) is 5.73 Å². The molecule has 0 amide bonds. The fraction of sp³-hybridized carbons (Fsp3) is 0.143. The number of nitrogen functional groups attached to an aromatic ring is 1. The Balaban J connectivity index is 2.12. The van der Waals surface area contributed by atoms with Gasteiger partial charge in [-0.25, -0.2) is 9.97 Å². The molecule has 1 aromatic heterocycles. The third-order valence-electron chi connectivity index (χ3n) is 2.68. The number of rotatable bonds is 3. The van der Waals surface area contributed by atoms with Crippen molar-refractivity contribution < 1.29 is 0 Å². The molecule has 3 nitrogen and oxygen atoms in total. The minimum absolute atomic E-state index is 0.202. The number of nitrogens with two attached hydrogens (primary N) is 1. The lowest BCUT2D eigenvalue weighted by Gasteiger charge is -2.05. The van der Waals surface area contributed by atoms with Crippen LogP contribution in [0.3, 0.4) is 0 Å². The number of nitrogens with zero attached hydrogens (tertiary/aromatic N) is 2. The van der Waals surface area contributed by atoms with Crippen LogP contribution in [0.2, 0.25) is 10.2 Å². The SMILES string of the molecule is Cc1nc(N)nc(Cl)c1C/C=C/c1ccc(Cl)cc1. The van der Waals surface area contributed by atoms with E-state index in [0.29, 0.717) is 11.6 Å². The van der Waals surface area contributed by atoms with Crippen LogP contribution >= 0.6 is 23.2 Å². The Morgan fingerprint density at radius 2 is 1.84 bits per heavy atom. The normalized spacial score (nSPS) is 11.1. The highest BCUT2D eigenvalue weighted by Gasteiger charge is 2.06. The van der Waals surface area contributed by atoms with Gasteiger partial charge in [0.1, 0.15) is 5.15 Å². The van der Waals surface area contributed by atoms with Gasteiger partial charge in [0.25, 0.3) is 0 Å². The summed E-state index contributed by atoms with van der Waals surface area (Å²) in [4.78, 5) is 8.05. The van der Waals surface area contributed by atoms with Crippen LogP contribution in [-0.4, -0.2) is 9.97 Å². The van der Waals surface area contributed by atoms with Gasteiger partial charge in [0, 0.05) is 16.3 Å². The van der Waals surface area contributed by atoms with Gasteiger partial charge in [0.15, 0.2) is 0 Å². The van der Waals surface area contributed by atoms with Crippen molar-refractivity contribution in [2.24, 2.45) is 0 Å². The maximum Gasteiger partial charge on any atom is 0.221 e. The van der Waals surface area contributed by atoms with Gasteiger partial charge >= 0.3 is 0 Å². The van der Waals surface area contributed by atoms with Crippen LogP contribution in [-0.2, 0) is 6.42 Å². The van der Waals surface area contributed by atoms with E-state index in [1.54, 1.807) is 0 Å². The van der Waals surface area contributed by atoms with Crippen molar-refractivity contribution in [2.45, 2.75) is 13.3 Å². The molecule has 5 heteroatoms. The van der Waals surface area contributed by atoms with E-state index in [9.17, 15) is 0 Å². The van der Waals surface area contributed by atoms with Crippen molar-refractivity contribution >= 4 is 35.2 Å². The van der Waals surface area contributed by atoms with Crippen molar-refractivity contribution in [3.05, 3.63) is 57.3 Å². The Morgan fingerprint density at radius 1 is 1.16 bits per heavy atom. The molecule has 1 aromatic carbocycles. The van der Waals surface area contributed by atoms with E-state index in [-0.39, 0.29) is 5.95 Å². The van der Waals surface area contributed by atoms with Crippen molar-refractivity contribution in [1.29, 1.82) is 0 Å². The maximum absolute atomic E-state index is 6.05. The summed E-state index contributed by atoms with van der Waals surface area (Å²) in [5.74, 6) is 0.202. The van der Waals surface area contributed by atoms with Gasteiger partial charge in [-0.3, -0.25) is 0 Å². The first-order valence-corrected chi connectivity index (χ1v) is 6.52. The summed E-state index contributed by atoms with van der Waals surface area (Å²) < 4.78 is 0. The van der Waals surface area contributed by atoms with E-state index in [2.05, 4.69) is 9.97 Å². The number of hydrogen-bond acceptors (Lipinski definition) is 3. The third kappa shape index (κ3) is 3.69. The van der Waals surface area contributed by atoms with Gasteiger partial charge in [-0.05, 0) is 31.0 Å². The molecule has 2 N–H and O–H groups in total. The van der Waals surface area contributed by atoms with Crippen LogP contribution < -0.4 is 5.73 Å².